The molecule has 0 saturated heterocycles. The standard InChI is InChI=1S/C22H27FN6S.HI/c1-15-9-16(2)29(28-15)21-8-5-17(11-25-21)12-26-22(24-3)27-13-18-6-7-20(23)10-19(18)14-30-4;/h5-11H,12-14H2,1-4H3,(H2,24,26,27);1H. The van der Waals surface area contributed by atoms with Crippen LogP contribution in [0.3, 0.4) is 0 Å². The van der Waals surface area contributed by atoms with Crippen LogP contribution in [-0.4, -0.2) is 34.0 Å². The molecule has 0 aliphatic carbocycles. The molecule has 6 nitrogen and oxygen atoms in total. The number of aromatic nitrogens is 3. The fourth-order valence-corrected chi connectivity index (χ4v) is 3.73. The van der Waals surface area contributed by atoms with E-state index in [0.29, 0.717) is 19.0 Å². The van der Waals surface area contributed by atoms with Gasteiger partial charge in [-0.2, -0.15) is 16.9 Å². The van der Waals surface area contributed by atoms with Gasteiger partial charge >= 0.3 is 0 Å². The van der Waals surface area contributed by atoms with Crippen LogP contribution < -0.4 is 10.6 Å². The van der Waals surface area contributed by atoms with E-state index in [1.54, 1.807) is 24.9 Å². The molecule has 0 atom stereocenters. The van der Waals surface area contributed by atoms with E-state index in [9.17, 15) is 4.39 Å². The van der Waals surface area contributed by atoms with E-state index in [4.69, 9.17) is 0 Å². The van der Waals surface area contributed by atoms with Gasteiger partial charge in [0.2, 0.25) is 0 Å². The molecule has 2 aromatic heterocycles. The Morgan fingerprint density at radius 3 is 2.48 bits per heavy atom. The van der Waals surface area contributed by atoms with Crippen molar-refractivity contribution in [3.05, 3.63) is 76.5 Å². The SMILES string of the molecule is CN=C(NCc1ccc(-n2nc(C)cc2C)nc1)NCc1ccc(F)cc1CSC.I. The Kier molecular flexibility index (Phi) is 9.76. The molecule has 2 N–H and O–H groups in total. The first kappa shape index (κ1) is 25.1. The summed E-state index contributed by atoms with van der Waals surface area (Å²) in [5.41, 5.74) is 5.11. The highest BCUT2D eigenvalue weighted by Gasteiger charge is 2.07. The average molecular weight is 554 g/mol. The highest BCUT2D eigenvalue weighted by molar-refractivity contribution is 14.0. The third-order valence-corrected chi connectivity index (χ3v) is 5.23. The van der Waals surface area contributed by atoms with Crippen molar-refractivity contribution >= 4 is 41.7 Å². The van der Waals surface area contributed by atoms with Crippen molar-refractivity contribution in [1.29, 1.82) is 0 Å². The first-order chi connectivity index (χ1) is 14.5. The Hall–Kier alpha value is -2.14. The number of pyridine rings is 1. The van der Waals surface area contributed by atoms with Crippen molar-refractivity contribution in [3.8, 4) is 5.82 Å². The zero-order chi connectivity index (χ0) is 21.5. The molecule has 0 bridgehead atoms. The molecular formula is C22H28FIN6S. The summed E-state index contributed by atoms with van der Waals surface area (Å²) in [6, 6.07) is 10.9. The number of hydrogen-bond donors (Lipinski definition) is 2. The van der Waals surface area contributed by atoms with Gasteiger partial charge in [-0.25, -0.2) is 14.1 Å². The molecule has 0 spiro atoms. The van der Waals surface area contributed by atoms with E-state index < -0.39 is 0 Å². The predicted octanol–water partition coefficient (Wildman–Crippen LogP) is 4.37. The van der Waals surface area contributed by atoms with Crippen molar-refractivity contribution in [1.82, 2.24) is 25.4 Å². The maximum atomic E-state index is 13.5. The lowest BCUT2D eigenvalue weighted by Gasteiger charge is -2.14. The summed E-state index contributed by atoms with van der Waals surface area (Å²) in [5, 5.41) is 11.0. The molecule has 0 aliphatic heterocycles. The number of aryl methyl sites for hydroxylation is 2. The van der Waals surface area contributed by atoms with Crippen molar-refractivity contribution in [2.24, 2.45) is 4.99 Å². The summed E-state index contributed by atoms with van der Waals surface area (Å²) in [5.74, 6) is 2.04. The molecule has 0 saturated carbocycles. The number of halogens is 2. The van der Waals surface area contributed by atoms with Gasteiger partial charge in [0.25, 0.3) is 0 Å². The number of guanidine groups is 1. The molecule has 31 heavy (non-hydrogen) atoms. The summed E-state index contributed by atoms with van der Waals surface area (Å²) in [4.78, 5) is 8.79. The van der Waals surface area contributed by atoms with Crippen LogP contribution in [0, 0.1) is 19.7 Å². The zero-order valence-electron chi connectivity index (χ0n) is 18.1. The second kappa shape index (κ2) is 12.0. The van der Waals surface area contributed by atoms with Crippen molar-refractivity contribution in [2.75, 3.05) is 13.3 Å². The van der Waals surface area contributed by atoms with Gasteiger partial charge in [0.15, 0.2) is 11.8 Å². The smallest absolute Gasteiger partial charge is 0.191 e. The van der Waals surface area contributed by atoms with Crippen molar-refractivity contribution < 1.29 is 4.39 Å². The van der Waals surface area contributed by atoms with Crippen LogP contribution in [0.4, 0.5) is 4.39 Å². The van der Waals surface area contributed by atoms with Gasteiger partial charge in [0.1, 0.15) is 5.82 Å². The molecule has 0 amide bonds. The number of hydrogen-bond acceptors (Lipinski definition) is 4. The van der Waals surface area contributed by atoms with Crippen molar-refractivity contribution in [2.45, 2.75) is 32.7 Å². The lowest BCUT2D eigenvalue weighted by atomic mass is 10.1. The van der Waals surface area contributed by atoms with Gasteiger partial charge in [-0.15, -0.1) is 24.0 Å². The van der Waals surface area contributed by atoms with E-state index >= 15 is 0 Å². The molecule has 0 unspecified atom stereocenters. The molecule has 2 heterocycles. The minimum Gasteiger partial charge on any atom is -0.352 e. The fraction of sp³-hybridized carbons (Fsp3) is 0.318. The summed E-state index contributed by atoms with van der Waals surface area (Å²) < 4.78 is 15.4. The minimum atomic E-state index is -0.207. The number of benzene rings is 1. The largest absolute Gasteiger partial charge is 0.352 e. The number of nitrogens with one attached hydrogen (secondary N) is 2. The lowest BCUT2D eigenvalue weighted by molar-refractivity contribution is 0.625. The van der Waals surface area contributed by atoms with Crippen LogP contribution in [0.5, 0.6) is 0 Å². The minimum absolute atomic E-state index is 0. The van der Waals surface area contributed by atoms with Crippen LogP contribution in [-0.2, 0) is 18.8 Å². The molecule has 9 heteroatoms. The van der Waals surface area contributed by atoms with Crippen LogP contribution in [0.15, 0.2) is 47.6 Å². The normalized spacial score (nSPS) is 11.2. The Bertz CT molecular complexity index is 1020. The maximum Gasteiger partial charge on any atom is 0.191 e. The molecule has 3 aromatic rings. The van der Waals surface area contributed by atoms with E-state index in [1.165, 1.54) is 6.07 Å². The monoisotopic (exact) mass is 554 g/mol. The maximum absolute atomic E-state index is 13.5. The number of aliphatic imine (C=N–C) groups is 1. The molecule has 0 fully saturated rings. The van der Waals surface area contributed by atoms with Gasteiger partial charge < -0.3 is 10.6 Å². The third-order valence-electron chi connectivity index (χ3n) is 4.63. The first-order valence-electron chi connectivity index (χ1n) is 9.69. The van der Waals surface area contributed by atoms with E-state index in [-0.39, 0.29) is 29.8 Å². The Labute approximate surface area is 204 Å². The quantitative estimate of drug-likeness (QED) is 0.258. The average Bonchev–Trinajstić information content (AvgIpc) is 3.08. The van der Waals surface area contributed by atoms with E-state index in [2.05, 4.69) is 25.7 Å². The molecule has 0 aliphatic rings. The summed E-state index contributed by atoms with van der Waals surface area (Å²) in [6.07, 6.45) is 3.85. The Balaban J connectivity index is 0.00000341. The second-order valence-electron chi connectivity index (χ2n) is 6.99. The van der Waals surface area contributed by atoms with Gasteiger partial charge in [-0.1, -0.05) is 12.1 Å². The number of nitrogens with zero attached hydrogens (tertiary/aromatic N) is 4. The topological polar surface area (TPSA) is 67.1 Å². The zero-order valence-corrected chi connectivity index (χ0v) is 21.3. The summed E-state index contributed by atoms with van der Waals surface area (Å²) in [6.45, 7) is 5.14. The third kappa shape index (κ3) is 6.93. The van der Waals surface area contributed by atoms with E-state index in [0.717, 1.165) is 39.6 Å². The van der Waals surface area contributed by atoms with Gasteiger partial charge in [0, 0.05) is 37.8 Å². The van der Waals surface area contributed by atoms with Crippen molar-refractivity contribution in [3.63, 3.8) is 0 Å². The fourth-order valence-electron chi connectivity index (χ4n) is 3.15. The molecule has 166 valence electrons. The molecular weight excluding hydrogens is 526 g/mol. The predicted molar refractivity (Wildman–Crippen MR) is 137 cm³/mol. The Morgan fingerprint density at radius 2 is 1.87 bits per heavy atom. The van der Waals surface area contributed by atoms with Crippen LogP contribution in [0.25, 0.3) is 5.82 Å². The van der Waals surface area contributed by atoms with Crippen LogP contribution >= 0.6 is 35.7 Å². The number of rotatable bonds is 7. The number of thioether (sulfide) groups is 1. The van der Waals surface area contributed by atoms with Gasteiger partial charge in [-0.3, -0.25) is 4.99 Å². The van der Waals surface area contributed by atoms with E-state index in [1.807, 2.05) is 55.2 Å². The van der Waals surface area contributed by atoms with Crippen LogP contribution in [0.1, 0.15) is 28.1 Å². The molecule has 0 radical (unpaired) electrons. The highest BCUT2D eigenvalue weighted by atomic mass is 127. The molecule has 1 aromatic carbocycles. The lowest BCUT2D eigenvalue weighted by Crippen LogP contribution is -2.36. The van der Waals surface area contributed by atoms with Gasteiger partial charge in [-0.05, 0) is 61.1 Å². The van der Waals surface area contributed by atoms with Crippen LogP contribution in [0.2, 0.25) is 0 Å². The van der Waals surface area contributed by atoms with Gasteiger partial charge in [0.05, 0.1) is 5.69 Å². The second-order valence-corrected chi connectivity index (χ2v) is 7.85. The molecule has 3 rings (SSSR count). The highest BCUT2D eigenvalue weighted by Crippen LogP contribution is 2.16. The summed E-state index contributed by atoms with van der Waals surface area (Å²) in [7, 11) is 1.73. The first-order valence-corrected chi connectivity index (χ1v) is 11.1. The Morgan fingerprint density at radius 1 is 1.10 bits per heavy atom. The summed E-state index contributed by atoms with van der Waals surface area (Å²) >= 11 is 1.67.